The third kappa shape index (κ3) is 4.78. The van der Waals surface area contributed by atoms with Crippen LogP contribution < -0.4 is 32.2 Å². The summed E-state index contributed by atoms with van der Waals surface area (Å²) in [6.45, 7) is 4.08. The van der Waals surface area contributed by atoms with Crippen LogP contribution in [0.15, 0.2) is 0 Å². The van der Waals surface area contributed by atoms with Crippen molar-refractivity contribution < 1.29 is 4.79 Å². The molecule has 6 N–H and O–H groups in total. The van der Waals surface area contributed by atoms with Gasteiger partial charge in [-0.1, -0.05) is 6.42 Å². The topological polar surface area (TPSA) is 95.7 Å². The Morgan fingerprint density at radius 2 is 1.87 bits per heavy atom. The van der Waals surface area contributed by atoms with Crippen LogP contribution in [0.4, 0.5) is 0 Å². The molecule has 31 heavy (non-hydrogen) atoms. The molecule has 5 fully saturated rings. The Balaban J connectivity index is 1.19. The SMILES string of the molecule is CC1CC(C(=O)NC2CCCC(C3C(C4NNCN4C)CNN3C)C2)NC(C2CC2)N1. The largest absolute Gasteiger partial charge is 0.352 e. The fourth-order valence-electron chi connectivity index (χ4n) is 6.56. The van der Waals surface area contributed by atoms with Crippen molar-refractivity contribution in [3.63, 3.8) is 0 Å². The second-order valence-corrected chi connectivity index (χ2v) is 10.8. The maximum atomic E-state index is 13.2. The Kier molecular flexibility index (Phi) is 6.54. The normalized spacial score (nSPS) is 45.1. The predicted molar refractivity (Wildman–Crippen MR) is 120 cm³/mol. The van der Waals surface area contributed by atoms with Crippen molar-refractivity contribution in [1.29, 1.82) is 0 Å². The Morgan fingerprint density at radius 3 is 2.61 bits per heavy atom. The number of nitrogens with zero attached hydrogens (tertiary/aromatic N) is 2. The van der Waals surface area contributed by atoms with Crippen LogP contribution in [0, 0.1) is 17.8 Å². The van der Waals surface area contributed by atoms with Crippen LogP contribution in [0.2, 0.25) is 0 Å². The number of hydrogen-bond acceptors (Lipinski definition) is 8. The molecule has 9 heteroatoms. The molecule has 5 aliphatic rings. The lowest BCUT2D eigenvalue weighted by molar-refractivity contribution is -0.125. The first kappa shape index (κ1) is 22.0. The van der Waals surface area contributed by atoms with E-state index in [9.17, 15) is 4.79 Å². The van der Waals surface area contributed by atoms with Crippen LogP contribution in [0.5, 0.6) is 0 Å². The smallest absolute Gasteiger partial charge is 0.237 e. The molecule has 0 bridgehead atoms. The molecule has 8 atom stereocenters. The fourth-order valence-corrected chi connectivity index (χ4v) is 6.56. The van der Waals surface area contributed by atoms with Gasteiger partial charge in [0, 0.05) is 37.6 Å². The zero-order valence-electron chi connectivity index (χ0n) is 19.4. The molecule has 0 aromatic carbocycles. The van der Waals surface area contributed by atoms with Crippen molar-refractivity contribution in [1.82, 2.24) is 42.1 Å². The van der Waals surface area contributed by atoms with E-state index in [1.165, 1.54) is 25.7 Å². The van der Waals surface area contributed by atoms with E-state index >= 15 is 0 Å². The summed E-state index contributed by atoms with van der Waals surface area (Å²) in [6.07, 6.45) is 8.70. The zero-order valence-corrected chi connectivity index (χ0v) is 19.4. The summed E-state index contributed by atoms with van der Waals surface area (Å²) < 4.78 is 0. The zero-order chi connectivity index (χ0) is 21.5. The van der Waals surface area contributed by atoms with E-state index in [1.807, 2.05) is 0 Å². The number of hydrogen-bond donors (Lipinski definition) is 6. The van der Waals surface area contributed by atoms with E-state index in [1.54, 1.807) is 0 Å². The van der Waals surface area contributed by atoms with Crippen molar-refractivity contribution in [3.05, 3.63) is 0 Å². The van der Waals surface area contributed by atoms with Gasteiger partial charge in [-0.05, 0) is 64.3 Å². The highest BCUT2D eigenvalue weighted by molar-refractivity contribution is 5.82. The lowest BCUT2D eigenvalue weighted by atomic mass is 9.76. The minimum atomic E-state index is -0.0618. The van der Waals surface area contributed by atoms with Crippen molar-refractivity contribution in [2.24, 2.45) is 17.8 Å². The van der Waals surface area contributed by atoms with Gasteiger partial charge in [-0.3, -0.25) is 25.8 Å². The van der Waals surface area contributed by atoms with Crippen LogP contribution in [0.1, 0.15) is 51.9 Å². The van der Waals surface area contributed by atoms with E-state index in [4.69, 9.17) is 0 Å². The molecule has 0 aromatic rings. The van der Waals surface area contributed by atoms with E-state index in [-0.39, 0.29) is 11.9 Å². The molecular weight excluding hydrogens is 392 g/mol. The third-order valence-electron chi connectivity index (χ3n) is 8.31. The van der Waals surface area contributed by atoms with Crippen LogP contribution in [0.3, 0.4) is 0 Å². The van der Waals surface area contributed by atoms with E-state index < -0.39 is 0 Å². The maximum Gasteiger partial charge on any atom is 0.237 e. The van der Waals surface area contributed by atoms with Crippen LogP contribution in [-0.4, -0.2) is 79.6 Å². The molecule has 1 amide bonds. The molecular formula is C22H42N8O. The van der Waals surface area contributed by atoms with Crippen molar-refractivity contribution >= 4 is 5.91 Å². The van der Waals surface area contributed by atoms with Crippen molar-refractivity contribution in [2.75, 3.05) is 27.3 Å². The standard InChI is InChI=1S/C22H42N8O/c1-13-9-18(27-20(25-13)14-7-8-14)22(31)26-16-6-4-5-15(10-16)19-17(11-24-30(19)3)21-28-23-12-29(21)2/h13-21,23-25,27-28H,4-12H2,1-3H3,(H,26,31). The minimum absolute atomic E-state index is 0.0618. The lowest BCUT2D eigenvalue weighted by Crippen LogP contribution is -2.63. The summed E-state index contributed by atoms with van der Waals surface area (Å²) in [5, 5.41) is 13.0. The van der Waals surface area contributed by atoms with Gasteiger partial charge in [0.15, 0.2) is 0 Å². The van der Waals surface area contributed by atoms with E-state index in [0.717, 1.165) is 32.5 Å². The number of hydrazine groups is 2. The minimum Gasteiger partial charge on any atom is -0.352 e. The molecule has 0 radical (unpaired) electrons. The molecule has 0 aromatic heterocycles. The first-order valence-corrected chi connectivity index (χ1v) is 12.5. The van der Waals surface area contributed by atoms with Gasteiger partial charge in [0.1, 0.15) is 0 Å². The van der Waals surface area contributed by atoms with Gasteiger partial charge in [-0.2, -0.15) is 0 Å². The predicted octanol–water partition coefficient (Wildman–Crippen LogP) is -0.504. The molecule has 3 heterocycles. The quantitative estimate of drug-likeness (QED) is 0.345. The highest BCUT2D eigenvalue weighted by Gasteiger charge is 2.46. The molecule has 3 aliphatic heterocycles. The van der Waals surface area contributed by atoms with Gasteiger partial charge in [-0.15, -0.1) is 0 Å². The molecule has 8 unspecified atom stereocenters. The molecule has 2 aliphatic carbocycles. The molecule has 9 nitrogen and oxygen atoms in total. The van der Waals surface area contributed by atoms with E-state index in [0.29, 0.717) is 48.2 Å². The average Bonchev–Trinajstić information content (AvgIpc) is 3.41. The highest BCUT2D eigenvalue weighted by Crippen LogP contribution is 2.36. The number of nitrogens with one attached hydrogen (secondary N) is 6. The second-order valence-electron chi connectivity index (χ2n) is 10.8. The molecule has 2 saturated carbocycles. The Hall–Kier alpha value is -0.810. The third-order valence-corrected chi connectivity index (χ3v) is 8.31. The summed E-state index contributed by atoms with van der Waals surface area (Å²) >= 11 is 0. The number of carbonyl (C=O) groups excluding carboxylic acids is 1. The van der Waals surface area contributed by atoms with Crippen LogP contribution >= 0.6 is 0 Å². The van der Waals surface area contributed by atoms with Crippen molar-refractivity contribution in [3.8, 4) is 0 Å². The maximum absolute atomic E-state index is 13.2. The van der Waals surface area contributed by atoms with Crippen LogP contribution in [-0.2, 0) is 4.79 Å². The van der Waals surface area contributed by atoms with E-state index in [2.05, 4.69) is 63.2 Å². The lowest BCUT2D eigenvalue weighted by Gasteiger charge is -2.41. The van der Waals surface area contributed by atoms with Gasteiger partial charge < -0.3 is 5.32 Å². The molecule has 0 spiro atoms. The summed E-state index contributed by atoms with van der Waals surface area (Å²) in [7, 11) is 4.37. The van der Waals surface area contributed by atoms with Gasteiger partial charge in [0.25, 0.3) is 0 Å². The first-order chi connectivity index (χ1) is 15.0. The second kappa shape index (κ2) is 9.21. The van der Waals surface area contributed by atoms with Gasteiger partial charge in [0.2, 0.25) is 5.91 Å². The first-order valence-electron chi connectivity index (χ1n) is 12.5. The Morgan fingerprint density at radius 1 is 1.03 bits per heavy atom. The molecule has 5 rings (SSSR count). The molecule has 3 saturated heterocycles. The fraction of sp³-hybridized carbons (Fsp3) is 0.955. The van der Waals surface area contributed by atoms with Gasteiger partial charge in [-0.25, -0.2) is 15.9 Å². The Labute approximate surface area is 186 Å². The van der Waals surface area contributed by atoms with Gasteiger partial charge in [0.05, 0.1) is 25.0 Å². The number of rotatable bonds is 5. The summed E-state index contributed by atoms with van der Waals surface area (Å²) in [5.41, 5.74) is 10.3. The monoisotopic (exact) mass is 434 g/mol. The highest BCUT2D eigenvalue weighted by atomic mass is 16.2. The van der Waals surface area contributed by atoms with Crippen molar-refractivity contribution in [2.45, 2.75) is 88.4 Å². The molecule has 176 valence electrons. The Bertz CT molecular complexity index is 645. The van der Waals surface area contributed by atoms with Crippen LogP contribution in [0.25, 0.3) is 0 Å². The summed E-state index contributed by atoms with van der Waals surface area (Å²) in [6, 6.07) is 1.11. The van der Waals surface area contributed by atoms with Gasteiger partial charge >= 0.3 is 0 Å². The number of carbonyl (C=O) groups is 1. The number of amides is 1. The summed E-state index contributed by atoms with van der Waals surface area (Å²) in [5.74, 6) is 2.03. The summed E-state index contributed by atoms with van der Waals surface area (Å²) in [4.78, 5) is 15.5. The average molecular weight is 435 g/mol.